The molecular formula is C24H20BrFN2O4. The van der Waals surface area contributed by atoms with Crippen molar-refractivity contribution >= 4 is 21.7 Å². The van der Waals surface area contributed by atoms with Crippen molar-refractivity contribution in [3.63, 3.8) is 0 Å². The van der Waals surface area contributed by atoms with Gasteiger partial charge in [0, 0.05) is 22.9 Å². The van der Waals surface area contributed by atoms with E-state index in [1.54, 1.807) is 24.3 Å². The molecular weight excluding hydrogens is 479 g/mol. The van der Waals surface area contributed by atoms with Gasteiger partial charge in [-0.2, -0.15) is 5.26 Å². The molecule has 0 aromatic heterocycles. The largest absolute Gasteiger partial charge is 0.493 e. The minimum atomic E-state index is -0.661. The fourth-order valence-electron chi connectivity index (χ4n) is 3.95. The number of ketones is 1. The molecule has 0 saturated heterocycles. The minimum absolute atomic E-state index is 0.00783. The second kappa shape index (κ2) is 9.05. The Morgan fingerprint density at radius 3 is 2.69 bits per heavy atom. The number of carbonyl (C=O) groups is 1. The van der Waals surface area contributed by atoms with E-state index in [1.165, 1.54) is 19.2 Å². The van der Waals surface area contributed by atoms with Crippen molar-refractivity contribution in [1.29, 1.82) is 5.26 Å². The first-order valence-electron chi connectivity index (χ1n) is 10.0. The summed E-state index contributed by atoms with van der Waals surface area (Å²) in [6, 6.07) is 11.6. The second-order valence-corrected chi connectivity index (χ2v) is 8.33. The predicted molar refractivity (Wildman–Crippen MR) is 118 cm³/mol. The molecule has 0 saturated carbocycles. The van der Waals surface area contributed by atoms with Crippen LogP contribution >= 0.6 is 15.9 Å². The first-order valence-corrected chi connectivity index (χ1v) is 10.8. The molecule has 2 aromatic rings. The van der Waals surface area contributed by atoms with E-state index in [9.17, 15) is 14.4 Å². The monoisotopic (exact) mass is 498 g/mol. The van der Waals surface area contributed by atoms with Gasteiger partial charge in [-0.15, -0.1) is 0 Å². The average Bonchev–Trinajstić information content (AvgIpc) is 2.78. The van der Waals surface area contributed by atoms with Crippen molar-refractivity contribution in [3.8, 4) is 17.6 Å². The number of nitrogens with two attached hydrogens (primary N) is 1. The van der Waals surface area contributed by atoms with Gasteiger partial charge in [0.2, 0.25) is 5.88 Å². The molecule has 6 nitrogen and oxygen atoms in total. The van der Waals surface area contributed by atoms with Crippen molar-refractivity contribution < 1.29 is 23.4 Å². The van der Waals surface area contributed by atoms with Crippen molar-refractivity contribution in [3.05, 3.63) is 80.6 Å². The third kappa shape index (κ3) is 4.08. The van der Waals surface area contributed by atoms with Crippen LogP contribution in [0, 0.1) is 17.1 Å². The number of nitrogens with zero attached hydrogens (tertiary/aromatic N) is 1. The minimum Gasteiger partial charge on any atom is -0.493 e. The second-order valence-electron chi connectivity index (χ2n) is 7.48. The molecule has 1 aliphatic heterocycles. The van der Waals surface area contributed by atoms with Gasteiger partial charge >= 0.3 is 0 Å². The van der Waals surface area contributed by atoms with Crippen molar-refractivity contribution in [2.24, 2.45) is 5.73 Å². The van der Waals surface area contributed by atoms with E-state index < -0.39 is 5.92 Å². The standard InChI is InChI=1S/C24H20BrFN2O4/c1-30-20-9-15(17(25)10-21(20)31-12-13-5-7-14(26)8-6-13)22-16(11-27)24(28)32-19-4-2-3-18(29)23(19)22/h5-10,22H,2-4,12,28H2,1H3/t22-/m0/s1. The summed E-state index contributed by atoms with van der Waals surface area (Å²) >= 11 is 3.56. The van der Waals surface area contributed by atoms with Crippen LogP contribution in [0.15, 0.2) is 63.7 Å². The smallest absolute Gasteiger partial charge is 0.205 e. The number of halogens is 2. The Labute approximate surface area is 193 Å². The number of hydrogen-bond donors (Lipinski definition) is 1. The normalized spacial score (nSPS) is 18.1. The number of methoxy groups -OCH3 is 1. The lowest BCUT2D eigenvalue weighted by atomic mass is 9.77. The first-order chi connectivity index (χ1) is 15.4. The van der Waals surface area contributed by atoms with E-state index in [1.807, 2.05) is 0 Å². The molecule has 2 N–H and O–H groups in total. The van der Waals surface area contributed by atoms with E-state index in [-0.39, 0.29) is 29.7 Å². The fraction of sp³-hybridized carbons (Fsp3) is 0.250. The van der Waals surface area contributed by atoms with E-state index in [0.717, 1.165) is 5.56 Å². The number of nitriles is 1. The van der Waals surface area contributed by atoms with Gasteiger partial charge in [0.25, 0.3) is 0 Å². The summed E-state index contributed by atoms with van der Waals surface area (Å²) in [5.41, 5.74) is 8.13. The van der Waals surface area contributed by atoms with Crippen LogP contribution in [0.25, 0.3) is 0 Å². The molecule has 1 atom stereocenters. The van der Waals surface area contributed by atoms with Gasteiger partial charge in [0.15, 0.2) is 17.3 Å². The molecule has 0 bridgehead atoms. The van der Waals surface area contributed by atoms with Gasteiger partial charge in [-0.3, -0.25) is 4.79 Å². The molecule has 0 fully saturated rings. The Balaban J connectivity index is 1.73. The molecule has 1 heterocycles. The van der Waals surface area contributed by atoms with E-state index in [2.05, 4.69) is 22.0 Å². The average molecular weight is 499 g/mol. The number of allylic oxidation sites excluding steroid dienone is 3. The first kappa shape index (κ1) is 21.9. The van der Waals surface area contributed by atoms with Gasteiger partial charge < -0.3 is 19.9 Å². The van der Waals surface area contributed by atoms with Crippen LogP contribution in [-0.4, -0.2) is 12.9 Å². The summed E-state index contributed by atoms with van der Waals surface area (Å²) in [4.78, 5) is 12.8. The molecule has 2 aromatic carbocycles. The van der Waals surface area contributed by atoms with Crippen molar-refractivity contribution in [2.75, 3.05) is 7.11 Å². The highest BCUT2D eigenvalue weighted by molar-refractivity contribution is 9.10. The zero-order valence-corrected chi connectivity index (χ0v) is 18.9. The van der Waals surface area contributed by atoms with Crippen LogP contribution < -0.4 is 15.2 Å². The number of hydrogen-bond acceptors (Lipinski definition) is 6. The van der Waals surface area contributed by atoms with Gasteiger partial charge in [-0.1, -0.05) is 28.1 Å². The number of benzene rings is 2. The highest BCUT2D eigenvalue weighted by atomic mass is 79.9. The third-order valence-corrected chi connectivity index (χ3v) is 6.19. The molecule has 0 unspecified atom stereocenters. The zero-order chi connectivity index (χ0) is 22.8. The topological polar surface area (TPSA) is 94.6 Å². The molecule has 0 spiro atoms. The van der Waals surface area contributed by atoms with E-state index in [0.29, 0.717) is 52.1 Å². The summed E-state index contributed by atoms with van der Waals surface area (Å²) < 4.78 is 30.8. The number of rotatable bonds is 5. The molecule has 32 heavy (non-hydrogen) atoms. The van der Waals surface area contributed by atoms with Gasteiger partial charge in [0.1, 0.15) is 29.8 Å². The van der Waals surface area contributed by atoms with Crippen LogP contribution in [0.3, 0.4) is 0 Å². The number of carbonyl (C=O) groups excluding carboxylic acids is 1. The zero-order valence-electron chi connectivity index (χ0n) is 17.3. The van der Waals surface area contributed by atoms with Crippen LogP contribution in [0.4, 0.5) is 4.39 Å². The molecule has 0 radical (unpaired) electrons. The maximum absolute atomic E-state index is 13.1. The van der Waals surface area contributed by atoms with Crippen LogP contribution in [-0.2, 0) is 16.1 Å². The lowest BCUT2D eigenvalue weighted by molar-refractivity contribution is -0.116. The molecule has 1 aliphatic carbocycles. The van der Waals surface area contributed by atoms with Crippen molar-refractivity contribution in [2.45, 2.75) is 31.8 Å². The lowest BCUT2D eigenvalue weighted by Gasteiger charge is -2.31. The van der Waals surface area contributed by atoms with Gasteiger partial charge in [-0.25, -0.2) is 4.39 Å². The Morgan fingerprint density at radius 2 is 2.00 bits per heavy atom. The summed E-state index contributed by atoms with van der Waals surface area (Å²) in [6.07, 6.45) is 1.66. The highest BCUT2D eigenvalue weighted by Gasteiger charge is 2.39. The van der Waals surface area contributed by atoms with Crippen molar-refractivity contribution in [1.82, 2.24) is 0 Å². The summed E-state index contributed by atoms with van der Waals surface area (Å²) in [7, 11) is 1.51. The predicted octanol–water partition coefficient (Wildman–Crippen LogP) is 4.99. The summed E-state index contributed by atoms with van der Waals surface area (Å²) in [5, 5.41) is 9.77. The van der Waals surface area contributed by atoms with E-state index in [4.69, 9.17) is 19.9 Å². The molecule has 8 heteroatoms. The lowest BCUT2D eigenvalue weighted by Crippen LogP contribution is -2.27. The highest BCUT2D eigenvalue weighted by Crippen LogP contribution is 2.47. The molecule has 2 aliphatic rings. The number of Topliss-reactive ketones (excluding diaryl/α,β-unsaturated/α-hetero) is 1. The molecule has 0 amide bonds. The van der Waals surface area contributed by atoms with Crippen LogP contribution in [0.1, 0.15) is 36.3 Å². The molecule has 164 valence electrons. The van der Waals surface area contributed by atoms with Gasteiger partial charge in [0.05, 0.1) is 13.0 Å². The number of ether oxygens (including phenoxy) is 3. The fourth-order valence-corrected chi connectivity index (χ4v) is 4.50. The Hall–Kier alpha value is -3.31. The quantitative estimate of drug-likeness (QED) is 0.623. The molecule has 4 rings (SSSR count). The SMILES string of the molecule is COc1cc([C@H]2C(C#N)=C(N)OC3=C2C(=O)CCC3)c(Br)cc1OCc1ccc(F)cc1. The van der Waals surface area contributed by atoms with Crippen LogP contribution in [0.5, 0.6) is 11.5 Å². The maximum Gasteiger partial charge on any atom is 0.205 e. The maximum atomic E-state index is 13.1. The Morgan fingerprint density at radius 1 is 1.25 bits per heavy atom. The third-order valence-electron chi connectivity index (χ3n) is 5.51. The Bertz CT molecular complexity index is 1180. The van der Waals surface area contributed by atoms with Crippen LogP contribution in [0.2, 0.25) is 0 Å². The Kier molecular flexibility index (Phi) is 6.19. The van der Waals surface area contributed by atoms with E-state index >= 15 is 0 Å². The summed E-state index contributed by atoms with van der Waals surface area (Å²) in [5.74, 6) is 0.377. The summed E-state index contributed by atoms with van der Waals surface area (Å²) in [6.45, 7) is 0.212. The van der Waals surface area contributed by atoms with Gasteiger partial charge in [-0.05, 0) is 41.8 Å².